The van der Waals surface area contributed by atoms with Crippen LogP contribution < -0.4 is 4.90 Å². The van der Waals surface area contributed by atoms with Gasteiger partial charge in [0.25, 0.3) is 0 Å². The van der Waals surface area contributed by atoms with Crippen molar-refractivity contribution in [2.75, 3.05) is 37.6 Å². The number of piperazine rings is 1. The highest BCUT2D eigenvalue weighted by atomic mass is 35.5. The number of nitrogens with zero attached hydrogens (tertiary/aromatic N) is 6. The summed E-state index contributed by atoms with van der Waals surface area (Å²) in [5, 5.41) is 13.9. The Morgan fingerprint density at radius 3 is 2.54 bits per heavy atom. The van der Waals surface area contributed by atoms with E-state index >= 15 is 0 Å². The number of hydrogen-bond donors (Lipinski definition) is 0. The van der Waals surface area contributed by atoms with Gasteiger partial charge in [0.2, 0.25) is 0 Å². The van der Waals surface area contributed by atoms with Crippen molar-refractivity contribution in [2.45, 2.75) is 6.92 Å². The minimum atomic E-state index is 0.649. The maximum Gasteiger partial charge on any atom is 0.186 e. The first-order chi connectivity index (χ1) is 11.8. The fourth-order valence-electron chi connectivity index (χ4n) is 3.05. The average Bonchev–Trinajstić information content (AvgIpc) is 3.05. The van der Waals surface area contributed by atoms with E-state index in [1.807, 2.05) is 36.4 Å². The molecule has 3 aromatic rings. The lowest BCUT2D eigenvalue weighted by Gasteiger charge is -2.34. The molecule has 7 heteroatoms. The molecule has 0 bridgehead atoms. The predicted molar refractivity (Wildman–Crippen MR) is 95.6 cm³/mol. The van der Waals surface area contributed by atoms with Crippen LogP contribution in [0.3, 0.4) is 0 Å². The van der Waals surface area contributed by atoms with E-state index in [1.54, 1.807) is 4.52 Å². The zero-order chi connectivity index (χ0) is 16.5. The number of rotatable bonds is 3. The summed E-state index contributed by atoms with van der Waals surface area (Å²) in [4.78, 5) is 4.75. The van der Waals surface area contributed by atoms with E-state index in [9.17, 15) is 0 Å². The van der Waals surface area contributed by atoms with Gasteiger partial charge in [-0.2, -0.15) is 4.52 Å². The molecule has 0 aliphatic carbocycles. The Hall–Kier alpha value is -2.18. The molecular weight excluding hydrogens is 324 g/mol. The first kappa shape index (κ1) is 15.4. The predicted octanol–water partition coefficient (Wildman–Crippen LogP) is 2.59. The molecule has 0 amide bonds. The summed E-state index contributed by atoms with van der Waals surface area (Å²) in [5.74, 6) is 1.62. The Morgan fingerprint density at radius 2 is 1.79 bits per heavy atom. The topological polar surface area (TPSA) is 49.6 Å². The summed E-state index contributed by atoms with van der Waals surface area (Å²) in [5.41, 5.74) is 1.56. The fourth-order valence-corrected chi connectivity index (χ4v) is 3.27. The second-order valence-corrected chi connectivity index (χ2v) is 6.29. The van der Waals surface area contributed by atoms with Crippen molar-refractivity contribution in [3.63, 3.8) is 0 Å². The SMILES string of the molecule is CCN1CCN(c2ccc3nnc(-c4ccccc4Cl)n3n2)CC1. The summed E-state index contributed by atoms with van der Waals surface area (Å²) in [6.45, 7) is 7.40. The first-order valence-corrected chi connectivity index (χ1v) is 8.58. The molecule has 1 aromatic carbocycles. The van der Waals surface area contributed by atoms with E-state index in [2.05, 4.69) is 26.9 Å². The number of aromatic nitrogens is 4. The molecule has 1 saturated heterocycles. The van der Waals surface area contributed by atoms with Gasteiger partial charge in [0, 0.05) is 31.7 Å². The lowest BCUT2D eigenvalue weighted by molar-refractivity contribution is 0.270. The van der Waals surface area contributed by atoms with Gasteiger partial charge in [0.05, 0.1) is 5.02 Å². The van der Waals surface area contributed by atoms with E-state index in [1.165, 1.54) is 0 Å². The summed E-state index contributed by atoms with van der Waals surface area (Å²) in [6.07, 6.45) is 0. The molecule has 124 valence electrons. The van der Waals surface area contributed by atoms with Gasteiger partial charge in [0.1, 0.15) is 5.82 Å². The molecule has 6 nitrogen and oxygen atoms in total. The summed E-state index contributed by atoms with van der Waals surface area (Å²) >= 11 is 6.31. The van der Waals surface area contributed by atoms with Crippen molar-refractivity contribution in [1.29, 1.82) is 0 Å². The number of anilines is 1. The molecule has 1 aliphatic rings. The first-order valence-electron chi connectivity index (χ1n) is 8.21. The maximum atomic E-state index is 6.31. The molecule has 0 unspecified atom stereocenters. The lowest BCUT2D eigenvalue weighted by atomic mass is 10.2. The third kappa shape index (κ3) is 2.72. The van der Waals surface area contributed by atoms with Gasteiger partial charge < -0.3 is 9.80 Å². The van der Waals surface area contributed by atoms with E-state index < -0.39 is 0 Å². The standard InChI is InChI=1S/C17H19ClN6/c1-2-22-9-11-23(12-10-22)16-8-7-15-19-20-17(24(15)21-16)13-5-3-4-6-14(13)18/h3-8H,2,9-12H2,1H3. The number of likely N-dealkylation sites (N-methyl/N-ethyl adjacent to an activating group) is 1. The highest BCUT2D eigenvalue weighted by Gasteiger charge is 2.19. The van der Waals surface area contributed by atoms with Crippen LogP contribution in [0.15, 0.2) is 36.4 Å². The molecule has 0 saturated carbocycles. The van der Waals surface area contributed by atoms with Crippen molar-refractivity contribution in [3.8, 4) is 11.4 Å². The van der Waals surface area contributed by atoms with Crippen LogP contribution in [0.1, 0.15) is 6.92 Å². The normalized spacial score (nSPS) is 16.0. The Kier molecular flexibility index (Phi) is 4.08. The maximum absolute atomic E-state index is 6.31. The van der Waals surface area contributed by atoms with Crippen LogP contribution in [0.5, 0.6) is 0 Å². The molecule has 1 fully saturated rings. The molecule has 0 spiro atoms. The minimum absolute atomic E-state index is 0.649. The van der Waals surface area contributed by atoms with Crippen LogP contribution in [0.2, 0.25) is 5.02 Å². The molecule has 24 heavy (non-hydrogen) atoms. The van der Waals surface area contributed by atoms with Crippen molar-refractivity contribution in [1.82, 2.24) is 24.7 Å². The van der Waals surface area contributed by atoms with Crippen molar-refractivity contribution >= 4 is 23.1 Å². The summed E-state index contributed by atoms with van der Waals surface area (Å²) in [7, 11) is 0. The van der Waals surface area contributed by atoms with Gasteiger partial charge in [-0.1, -0.05) is 30.7 Å². The number of fused-ring (bicyclic) bond motifs is 1. The van der Waals surface area contributed by atoms with Crippen LogP contribution in [0.4, 0.5) is 5.82 Å². The quantitative estimate of drug-likeness (QED) is 0.732. The van der Waals surface area contributed by atoms with Gasteiger partial charge >= 0.3 is 0 Å². The average molecular weight is 343 g/mol. The Labute approximate surface area is 145 Å². The van der Waals surface area contributed by atoms with Gasteiger partial charge in [-0.3, -0.25) is 0 Å². The zero-order valence-corrected chi connectivity index (χ0v) is 14.3. The van der Waals surface area contributed by atoms with Crippen molar-refractivity contribution in [3.05, 3.63) is 41.4 Å². The van der Waals surface area contributed by atoms with E-state index in [-0.39, 0.29) is 0 Å². The summed E-state index contributed by atoms with van der Waals surface area (Å²) in [6, 6.07) is 11.6. The minimum Gasteiger partial charge on any atom is -0.353 e. The lowest BCUT2D eigenvalue weighted by Crippen LogP contribution is -2.46. The molecule has 1 aliphatic heterocycles. The monoisotopic (exact) mass is 342 g/mol. The fraction of sp³-hybridized carbons (Fsp3) is 0.353. The molecule has 0 N–H and O–H groups in total. The van der Waals surface area contributed by atoms with Crippen LogP contribution >= 0.6 is 11.6 Å². The van der Waals surface area contributed by atoms with Gasteiger partial charge in [-0.25, -0.2) is 0 Å². The zero-order valence-electron chi connectivity index (χ0n) is 13.6. The van der Waals surface area contributed by atoms with Crippen LogP contribution in [-0.4, -0.2) is 57.4 Å². The third-order valence-electron chi connectivity index (χ3n) is 4.51. The highest BCUT2D eigenvalue weighted by molar-refractivity contribution is 6.33. The number of hydrogen-bond acceptors (Lipinski definition) is 5. The number of benzene rings is 1. The Bertz CT molecular complexity index is 853. The van der Waals surface area contributed by atoms with Crippen LogP contribution in [0, 0.1) is 0 Å². The molecule has 3 heterocycles. The molecule has 0 radical (unpaired) electrons. The highest BCUT2D eigenvalue weighted by Crippen LogP contribution is 2.26. The summed E-state index contributed by atoms with van der Waals surface area (Å²) < 4.78 is 1.78. The molecule has 4 rings (SSSR count). The van der Waals surface area contributed by atoms with E-state index in [0.29, 0.717) is 10.8 Å². The van der Waals surface area contributed by atoms with Gasteiger partial charge in [0.15, 0.2) is 11.5 Å². The smallest absolute Gasteiger partial charge is 0.186 e. The van der Waals surface area contributed by atoms with Gasteiger partial charge in [-0.15, -0.1) is 15.3 Å². The van der Waals surface area contributed by atoms with Crippen molar-refractivity contribution < 1.29 is 0 Å². The molecule has 0 atom stereocenters. The molecule has 2 aromatic heterocycles. The van der Waals surface area contributed by atoms with Crippen LogP contribution in [0.25, 0.3) is 17.0 Å². The second kappa shape index (κ2) is 6.37. The van der Waals surface area contributed by atoms with Gasteiger partial charge in [-0.05, 0) is 30.8 Å². The van der Waals surface area contributed by atoms with E-state index in [0.717, 1.165) is 49.8 Å². The van der Waals surface area contributed by atoms with E-state index in [4.69, 9.17) is 16.7 Å². The number of halogens is 1. The third-order valence-corrected chi connectivity index (χ3v) is 4.84. The largest absolute Gasteiger partial charge is 0.353 e. The second-order valence-electron chi connectivity index (χ2n) is 5.89. The van der Waals surface area contributed by atoms with Crippen LogP contribution in [-0.2, 0) is 0 Å². The Morgan fingerprint density at radius 1 is 1.00 bits per heavy atom. The van der Waals surface area contributed by atoms with Crippen molar-refractivity contribution in [2.24, 2.45) is 0 Å². The Balaban J connectivity index is 1.70. The molecular formula is C17H19ClN6.